The maximum Gasteiger partial charge on any atom is 0.285 e. The number of likely N-dealkylation sites (tertiary alicyclic amines) is 2. The van der Waals surface area contributed by atoms with Crippen LogP contribution in [-0.4, -0.2) is 56.1 Å². The van der Waals surface area contributed by atoms with Gasteiger partial charge in [0, 0.05) is 31.7 Å². The molecule has 6 nitrogen and oxygen atoms in total. The predicted molar refractivity (Wildman–Crippen MR) is 99.4 cm³/mol. The van der Waals surface area contributed by atoms with Crippen LogP contribution >= 0.6 is 0 Å². The van der Waals surface area contributed by atoms with Crippen LogP contribution in [0, 0.1) is 11.8 Å². The maximum atomic E-state index is 12.9. The Hall–Kier alpha value is -1.89. The molecule has 0 unspecified atom stereocenters. The standard InChI is InChI=1S/C19H25N3O3S/c1-14-8-11-21(12-9-14)19(23)15-5-4-10-22(13-15)18-16-6-2-3-7-17(16)26(24,25)20-18/h2-3,6-7,14-15H,4-5,8-13H2,1H3/t15-/m0/s1. The molecule has 1 amide bonds. The quantitative estimate of drug-likeness (QED) is 0.754. The summed E-state index contributed by atoms with van der Waals surface area (Å²) in [7, 11) is -3.62. The molecular weight excluding hydrogens is 350 g/mol. The number of amidine groups is 1. The average molecular weight is 375 g/mol. The number of benzene rings is 1. The molecule has 3 heterocycles. The summed E-state index contributed by atoms with van der Waals surface area (Å²) in [5.74, 6) is 1.34. The van der Waals surface area contributed by atoms with Gasteiger partial charge in [0.15, 0.2) is 5.84 Å². The van der Waals surface area contributed by atoms with E-state index in [9.17, 15) is 13.2 Å². The first-order valence-corrected chi connectivity index (χ1v) is 10.9. The second kappa shape index (κ2) is 6.68. The van der Waals surface area contributed by atoms with Crippen LogP contribution in [0.2, 0.25) is 0 Å². The molecule has 2 saturated heterocycles. The van der Waals surface area contributed by atoms with E-state index in [0.717, 1.165) is 45.3 Å². The van der Waals surface area contributed by atoms with Gasteiger partial charge in [-0.05, 0) is 43.7 Å². The van der Waals surface area contributed by atoms with Crippen molar-refractivity contribution in [3.05, 3.63) is 29.8 Å². The second-order valence-electron chi connectivity index (χ2n) is 7.68. The molecule has 7 heteroatoms. The lowest BCUT2D eigenvalue weighted by Gasteiger charge is -2.38. The highest BCUT2D eigenvalue weighted by Gasteiger charge is 2.36. The van der Waals surface area contributed by atoms with Crippen LogP contribution in [0.15, 0.2) is 33.6 Å². The van der Waals surface area contributed by atoms with Gasteiger partial charge in [0.25, 0.3) is 10.0 Å². The number of carbonyl (C=O) groups excluding carboxylic acids is 1. The van der Waals surface area contributed by atoms with Gasteiger partial charge in [-0.2, -0.15) is 8.42 Å². The minimum atomic E-state index is -3.62. The Morgan fingerprint density at radius 3 is 2.62 bits per heavy atom. The molecular formula is C19H25N3O3S. The highest BCUT2D eigenvalue weighted by Crippen LogP contribution is 2.30. The van der Waals surface area contributed by atoms with Crippen LogP contribution in [0.1, 0.15) is 38.2 Å². The Kier molecular flexibility index (Phi) is 4.50. The molecule has 140 valence electrons. The molecule has 0 bridgehead atoms. The lowest BCUT2D eigenvalue weighted by Crippen LogP contribution is -2.48. The van der Waals surface area contributed by atoms with Gasteiger partial charge in [-0.15, -0.1) is 4.40 Å². The zero-order chi connectivity index (χ0) is 18.3. The Labute approximate surface area is 154 Å². The minimum Gasteiger partial charge on any atom is -0.355 e. The summed E-state index contributed by atoms with van der Waals surface area (Å²) in [6.45, 7) is 5.21. The summed E-state index contributed by atoms with van der Waals surface area (Å²) in [4.78, 5) is 17.2. The molecule has 2 fully saturated rings. The van der Waals surface area contributed by atoms with Crippen molar-refractivity contribution in [2.45, 2.75) is 37.5 Å². The van der Waals surface area contributed by atoms with Gasteiger partial charge in [0.2, 0.25) is 5.91 Å². The van der Waals surface area contributed by atoms with Crippen molar-refractivity contribution in [1.29, 1.82) is 0 Å². The first-order valence-electron chi connectivity index (χ1n) is 9.44. The van der Waals surface area contributed by atoms with Crippen molar-refractivity contribution in [3.63, 3.8) is 0 Å². The van der Waals surface area contributed by atoms with Crippen molar-refractivity contribution in [2.24, 2.45) is 16.2 Å². The number of carbonyl (C=O) groups is 1. The van der Waals surface area contributed by atoms with Gasteiger partial charge in [-0.3, -0.25) is 4.79 Å². The van der Waals surface area contributed by atoms with Gasteiger partial charge in [-0.1, -0.05) is 19.1 Å². The lowest BCUT2D eigenvalue weighted by atomic mass is 9.93. The van der Waals surface area contributed by atoms with Crippen molar-refractivity contribution < 1.29 is 13.2 Å². The number of amides is 1. The third-order valence-electron chi connectivity index (χ3n) is 5.78. The van der Waals surface area contributed by atoms with Gasteiger partial charge in [0.1, 0.15) is 4.90 Å². The van der Waals surface area contributed by atoms with Gasteiger partial charge in [-0.25, -0.2) is 0 Å². The van der Waals surface area contributed by atoms with Crippen molar-refractivity contribution in [1.82, 2.24) is 9.80 Å². The maximum absolute atomic E-state index is 12.9. The lowest BCUT2D eigenvalue weighted by molar-refractivity contribution is -0.138. The topological polar surface area (TPSA) is 70.1 Å². The van der Waals surface area contributed by atoms with Crippen LogP contribution in [0.4, 0.5) is 0 Å². The molecule has 3 aliphatic heterocycles. The number of hydrogen-bond donors (Lipinski definition) is 0. The van der Waals surface area contributed by atoms with E-state index in [-0.39, 0.29) is 16.7 Å². The largest absolute Gasteiger partial charge is 0.355 e. The Morgan fingerprint density at radius 2 is 1.85 bits per heavy atom. The normalized spacial score (nSPS) is 25.7. The Balaban J connectivity index is 1.52. The van der Waals surface area contributed by atoms with E-state index in [1.165, 1.54) is 0 Å². The zero-order valence-electron chi connectivity index (χ0n) is 15.1. The number of fused-ring (bicyclic) bond motifs is 1. The van der Waals surface area contributed by atoms with Crippen LogP contribution in [0.25, 0.3) is 0 Å². The fraction of sp³-hybridized carbons (Fsp3) is 0.579. The van der Waals surface area contributed by atoms with E-state index < -0.39 is 10.0 Å². The third kappa shape index (κ3) is 3.13. The minimum absolute atomic E-state index is 0.0738. The number of sulfonamides is 1. The second-order valence-corrected chi connectivity index (χ2v) is 9.25. The summed E-state index contributed by atoms with van der Waals surface area (Å²) in [6.07, 6.45) is 3.88. The molecule has 3 aliphatic rings. The summed E-state index contributed by atoms with van der Waals surface area (Å²) in [5.41, 5.74) is 0.660. The predicted octanol–water partition coefficient (Wildman–Crippen LogP) is 2.11. The number of rotatable bonds is 1. The van der Waals surface area contributed by atoms with Crippen molar-refractivity contribution in [2.75, 3.05) is 26.2 Å². The van der Waals surface area contributed by atoms with E-state index in [0.29, 0.717) is 23.9 Å². The molecule has 4 rings (SSSR count). The van der Waals surface area contributed by atoms with Crippen molar-refractivity contribution >= 4 is 21.8 Å². The zero-order valence-corrected chi connectivity index (χ0v) is 15.9. The summed E-state index contributed by atoms with van der Waals surface area (Å²) in [6, 6.07) is 6.95. The summed E-state index contributed by atoms with van der Waals surface area (Å²) < 4.78 is 28.6. The Morgan fingerprint density at radius 1 is 1.12 bits per heavy atom. The van der Waals surface area contributed by atoms with Crippen LogP contribution < -0.4 is 0 Å². The number of hydrogen-bond acceptors (Lipinski definition) is 4. The van der Waals surface area contributed by atoms with E-state index in [4.69, 9.17) is 0 Å². The SMILES string of the molecule is CC1CCN(C(=O)[C@H]2CCCN(C3=NS(=O)(=O)c4ccccc43)C2)CC1. The summed E-state index contributed by atoms with van der Waals surface area (Å²) >= 11 is 0. The van der Waals surface area contributed by atoms with Crippen LogP contribution in [0.5, 0.6) is 0 Å². The fourth-order valence-corrected chi connectivity index (χ4v) is 5.40. The van der Waals surface area contributed by atoms with Gasteiger partial charge < -0.3 is 9.80 Å². The van der Waals surface area contributed by atoms with Crippen molar-refractivity contribution in [3.8, 4) is 0 Å². The molecule has 1 aromatic rings. The summed E-state index contributed by atoms with van der Waals surface area (Å²) in [5, 5.41) is 0. The molecule has 0 aromatic heterocycles. The van der Waals surface area contributed by atoms with Crippen LogP contribution in [0.3, 0.4) is 0 Å². The van der Waals surface area contributed by atoms with E-state index in [1.54, 1.807) is 18.2 Å². The smallest absolute Gasteiger partial charge is 0.285 e. The van der Waals surface area contributed by atoms with E-state index >= 15 is 0 Å². The highest BCUT2D eigenvalue weighted by molar-refractivity contribution is 7.90. The molecule has 1 aromatic carbocycles. The van der Waals surface area contributed by atoms with Crippen LogP contribution in [-0.2, 0) is 14.8 Å². The first-order chi connectivity index (χ1) is 12.5. The van der Waals surface area contributed by atoms with Gasteiger partial charge in [0.05, 0.1) is 5.92 Å². The monoisotopic (exact) mass is 375 g/mol. The van der Waals surface area contributed by atoms with Gasteiger partial charge >= 0.3 is 0 Å². The molecule has 0 radical (unpaired) electrons. The molecule has 0 N–H and O–H groups in total. The number of piperidine rings is 2. The first kappa shape index (κ1) is 17.5. The fourth-order valence-electron chi connectivity index (χ4n) is 4.17. The molecule has 26 heavy (non-hydrogen) atoms. The molecule has 1 atom stereocenters. The Bertz CT molecular complexity index is 841. The molecule has 0 spiro atoms. The van der Waals surface area contributed by atoms with E-state index in [1.807, 2.05) is 15.9 Å². The highest BCUT2D eigenvalue weighted by atomic mass is 32.2. The number of nitrogens with zero attached hydrogens (tertiary/aromatic N) is 3. The van der Waals surface area contributed by atoms with E-state index in [2.05, 4.69) is 11.3 Å². The molecule has 0 saturated carbocycles. The third-order valence-corrected chi connectivity index (χ3v) is 7.10. The average Bonchev–Trinajstić information content (AvgIpc) is 2.94. The molecule has 0 aliphatic carbocycles.